The van der Waals surface area contributed by atoms with Gasteiger partial charge in [0.05, 0.1) is 6.61 Å². The molecular weight excluding hydrogens is 390 g/mol. The standard InChI is InChI=1S/C22H24ClN3O3/c1-3-15(2)20(24-19(27)14-28-13-16-7-5-4-6-8-16)22-25-21(26-29-22)17-9-11-18(23)12-10-17/h4-12,15,20H,3,13-14H2,1-2H3,(H,24,27)/t15-,20+/m0/s1. The predicted octanol–water partition coefficient (Wildman–Crippen LogP) is 4.81. The summed E-state index contributed by atoms with van der Waals surface area (Å²) < 4.78 is 11.0. The van der Waals surface area contributed by atoms with Gasteiger partial charge >= 0.3 is 0 Å². The van der Waals surface area contributed by atoms with Crippen LogP contribution in [0.25, 0.3) is 11.4 Å². The lowest BCUT2D eigenvalue weighted by atomic mass is 9.99. The lowest BCUT2D eigenvalue weighted by molar-refractivity contribution is -0.127. The number of amides is 1. The highest BCUT2D eigenvalue weighted by Crippen LogP contribution is 2.26. The molecule has 6 nitrogen and oxygen atoms in total. The molecule has 2 aromatic carbocycles. The minimum atomic E-state index is -0.388. The maximum absolute atomic E-state index is 12.4. The van der Waals surface area contributed by atoms with Crippen LogP contribution in [-0.2, 0) is 16.1 Å². The second kappa shape index (κ2) is 10.2. The number of carbonyl (C=O) groups is 1. The number of nitrogens with one attached hydrogen (secondary N) is 1. The van der Waals surface area contributed by atoms with Crippen LogP contribution in [0.1, 0.15) is 37.8 Å². The van der Waals surface area contributed by atoms with Gasteiger partial charge in [-0.05, 0) is 35.7 Å². The highest BCUT2D eigenvalue weighted by atomic mass is 35.5. The third-order valence-corrected chi connectivity index (χ3v) is 4.94. The Labute approximate surface area is 175 Å². The predicted molar refractivity (Wildman–Crippen MR) is 111 cm³/mol. The first-order valence-electron chi connectivity index (χ1n) is 9.57. The van der Waals surface area contributed by atoms with Crippen LogP contribution in [0.3, 0.4) is 0 Å². The zero-order valence-corrected chi connectivity index (χ0v) is 17.2. The monoisotopic (exact) mass is 413 g/mol. The van der Waals surface area contributed by atoms with Crippen LogP contribution in [0.4, 0.5) is 0 Å². The van der Waals surface area contributed by atoms with Crippen LogP contribution in [0.5, 0.6) is 0 Å². The molecule has 0 saturated heterocycles. The highest BCUT2D eigenvalue weighted by molar-refractivity contribution is 6.30. The molecular formula is C22H24ClN3O3. The van der Waals surface area contributed by atoms with Gasteiger partial charge < -0.3 is 14.6 Å². The molecule has 152 valence electrons. The summed E-state index contributed by atoms with van der Waals surface area (Å²) in [6.45, 7) is 4.41. The average Bonchev–Trinajstić information content (AvgIpc) is 3.22. The van der Waals surface area contributed by atoms with Crippen molar-refractivity contribution in [3.8, 4) is 11.4 Å². The lowest BCUT2D eigenvalue weighted by Gasteiger charge is -2.20. The van der Waals surface area contributed by atoms with Gasteiger partial charge in [0, 0.05) is 10.6 Å². The maximum Gasteiger partial charge on any atom is 0.249 e. The fourth-order valence-corrected chi connectivity index (χ4v) is 2.94. The van der Waals surface area contributed by atoms with Gasteiger partial charge in [-0.3, -0.25) is 4.79 Å². The van der Waals surface area contributed by atoms with E-state index in [0.29, 0.717) is 23.3 Å². The topological polar surface area (TPSA) is 77.2 Å². The first-order valence-corrected chi connectivity index (χ1v) is 9.95. The average molecular weight is 414 g/mol. The van der Waals surface area contributed by atoms with Crippen molar-refractivity contribution in [1.82, 2.24) is 15.5 Å². The van der Waals surface area contributed by atoms with E-state index < -0.39 is 0 Å². The second-order valence-corrected chi connectivity index (χ2v) is 7.31. The minimum Gasteiger partial charge on any atom is -0.367 e. The molecule has 29 heavy (non-hydrogen) atoms. The van der Waals surface area contributed by atoms with E-state index in [0.717, 1.165) is 17.5 Å². The number of nitrogens with zero attached hydrogens (tertiary/aromatic N) is 2. The number of carbonyl (C=O) groups excluding carboxylic acids is 1. The van der Waals surface area contributed by atoms with Gasteiger partial charge in [-0.25, -0.2) is 0 Å². The Morgan fingerprint density at radius 3 is 2.59 bits per heavy atom. The Hall–Kier alpha value is -2.70. The fraction of sp³-hybridized carbons (Fsp3) is 0.318. The summed E-state index contributed by atoms with van der Waals surface area (Å²) in [6.07, 6.45) is 0.842. The third-order valence-electron chi connectivity index (χ3n) is 4.68. The van der Waals surface area contributed by atoms with E-state index in [1.54, 1.807) is 12.1 Å². The molecule has 7 heteroatoms. The fourth-order valence-electron chi connectivity index (χ4n) is 2.81. The molecule has 1 aromatic heterocycles. The number of rotatable bonds is 9. The Morgan fingerprint density at radius 1 is 1.17 bits per heavy atom. The SMILES string of the molecule is CC[C@H](C)[C@@H](NC(=O)COCc1ccccc1)c1nc(-c2ccc(Cl)cc2)no1. The molecule has 1 N–H and O–H groups in total. The zero-order chi connectivity index (χ0) is 20.6. The Kier molecular flexibility index (Phi) is 7.38. The molecule has 2 atom stereocenters. The van der Waals surface area contributed by atoms with Crippen molar-refractivity contribution in [3.05, 3.63) is 71.1 Å². The van der Waals surface area contributed by atoms with Crippen LogP contribution >= 0.6 is 11.6 Å². The van der Waals surface area contributed by atoms with Crippen molar-refractivity contribution < 1.29 is 14.1 Å². The molecule has 0 aliphatic heterocycles. The van der Waals surface area contributed by atoms with Crippen LogP contribution in [-0.4, -0.2) is 22.7 Å². The van der Waals surface area contributed by atoms with Gasteiger partial charge in [-0.2, -0.15) is 4.98 Å². The number of ether oxygens (including phenoxy) is 1. The van der Waals surface area contributed by atoms with Gasteiger partial charge in [0.2, 0.25) is 17.6 Å². The summed E-state index contributed by atoms with van der Waals surface area (Å²) in [5, 5.41) is 7.65. The molecule has 0 aliphatic carbocycles. The first kappa shape index (κ1) is 21.0. The van der Waals surface area contributed by atoms with Gasteiger partial charge in [-0.15, -0.1) is 0 Å². The van der Waals surface area contributed by atoms with E-state index in [2.05, 4.69) is 15.5 Å². The van der Waals surface area contributed by atoms with E-state index in [1.165, 1.54) is 0 Å². The van der Waals surface area contributed by atoms with Gasteiger partial charge in [0.15, 0.2) is 0 Å². The van der Waals surface area contributed by atoms with Crippen molar-refractivity contribution in [2.24, 2.45) is 5.92 Å². The summed E-state index contributed by atoms with van der Waals surface area (Å²) in [6, 6.07) is 16.5. The van der Waals surface area contributed by atoms with Crippen molar-refractivity contribution in [2.75, 3.05) is 6.61 Å². The van der Waals surface area contributed by atoms with Crippen LogP contribution in [0.15, 0.2) is 59.1 Å². The van der Waals surface area contributed by atoms with Gasteiger partial charge in [-0.1, -0.05) is 67.4 Å². The van der Waals surface area contributed by atoms with Crippen molar-refractivity contribution in [1.29, 1.82) is 0 Å². The third kappa shape index (κ3) is 5.89. The highest BCUT2D eigenvalue weighted by Gasteiger charge is 2.26. The molecule has 1 heterocycles. The summed E-state index contributed by atoms with van der Waals surface area (Å²) in [4.78, 5) is 16.9. The number of benzene rings is 2. The molecule has 0 unspecified atom stereocenters. The molecule has 0 radical (unpaired) electrons. The zero-order valence-electron chi connectivity index (χ0n) is 16.5. The molecule has 0 aliphatic rings. The normalized spacial score (nSPS) is 13.1. The van der Waals surface area contributed by atoms with Gasteiger partial charge in [0.1, 0.15) is 12.6 Å². The summed E-state index contributed by atoms with van der Waals surface area (Å²) in [7, 11) is 0. The number of halogens is 1. The van der Waals surface area contributed by atoms with E-state index in [1.807, 2.05) is 56.3 Å². The van der Waals surface area contributed by atoms with E-state index in [4.69, 9.17) is 20.9 Å². The Bertz CT molecular complexity index is 913. The molecule has 1 amide bonds. The summed E-state index contributed by atoms with van der Waals surface area (Å²) in [5.41, 5.74) is 1.81. The van der Waals surface area contributed by atoms with E-state index in [-0.39, 0.29) is 24.5 Å². The minimum absolute atomic E-state index is 0.0417. The van der Waals surface area contributed by atoms with Crippen molar-refractivity contribution >= 4 is 17.5 Å². The molecule has 3 rings (SSSR count). The molecule has 0 saturated carbocycles. The second-order valence-electron chi connectivity index (χ2n) is 6.87. The number of hydrogen-bond donors (Lipinski definition) is 1. The van der Waals surface area contributed by atoms with E-state index in [9.17, 15) is 4.79 Å². The molecule has 3 aromatic rings. The Balaban J connectivity index is 1.63. The van der Waals surface area contributed by atoms with Crippen molar-refractivity contribution in [2.45, 2.75) is 32.9 Å². The smallest absolute Gasteiger partial charge is 0.249 e. The quantitative estimate of drug-likeness (QED) is 0.544. The lowest BCUT2D eigenvalue weighted by Crippen LogP contribution is -2.35. The summed E-state index contributed by atoms with van der Waals surface area (Å²) in [5.74, 6) is 0.726. The van der Waals surface area contributed by atoms with E-state index >= 15 is 0 Å². The number of hydrogen-bond acceptors (Lipinski definition) is 5. The van der Waals surface area contributed by atoms with Gasteiger partial charge in [0.25, 0.3) is 0 Å². The van der Waals surface area contributed by atoms with Crippen LogP contribution in [0.2, 0.25) is 5.02 Å². The van der Waals surface area contributed by atoms with Crippen LogP contribution < -0.4 is 5.32 Å². The molecule has 0 bridgehead atoms. The molecule has 0 spiro atoms. The maximum atomic E-state index is 12.4. The van der Waals surface area contributed by atoms with Crippen molar-refractivity contribution in [3.63, 3.8) is 0 Å². The Morgan fingerprint density at radius 2 is 1.90 bits per heavy atom. The largest absolute Gasteiger partial charge is 0.367 e. The van der Waals surface area contributed by atoms with Crippen LogP contribution in [0, 0.1) is 5.92 Å². The number of aromatic nitrogens is 2. The molecule has 0 fully saturated rings. The first-order chi connectivity index (χ1) is 14.1. The summed E-state index contributed by atoms with van der Waals surface area (Å²) >= 11 is 5.93.